The monoisotopic (exact) mass is 359 g/mol. The van der Waals surface area contributed by atoms with Crippen molar-refractivity contribution in [3.8, 4) is 0 Å². The van der Waals surface area contributed by atoms with E-state index < -0.39 is 5.41 Å². The largest absolute Gasteiger partial charge is 0.314 e. The van der Waals surface area contributed by atoms with Crippen molar-refractivity contribution in [1.29, 1.82) is 0 Å². The number of carbonyl (C=O) groups excluding carboxylic acids is 1. The molecule has 0 spiro atoms. The Kier molecular flexibility index (Phi) is 4.04. The van der Waals surface area contributed by atoms with Crippen LogP contribution in [-0.2, 0) is 10.2 Å². The minimum Gasteiger partial charge on any atom is -0.314 e. The van der Waals surface area contributed by atoms with Gasteiger partial charge >= 0.3 is 0 Å². The van der Waals surface area contributed by atoms with E-state index in [-0.39, 0.29) is 11.8 Å². The van der Waals surface area contributed by atoms with Gasteiger partial charge in [-0.2, -0.15) is 0 Å². The molecule has 0 saturated carbocycles. The standard InChI is InChI=1S/C23H21NOS/c1-4-18(17-10-6-5-7-11-17)23(21-16(2)14-15-26-21)19-12-8-9-13-20(19)24(3)22(23)25/h4-15,18H,1H2,2-3H3/t18-,23-/m1/s1. The molecule has 0 radical (unpaired) electrons. The third-order valence-corrected chi connectivity index (χ3v) is 6.57. The van der Waals surface area contributed by atoms with Gasteiger partial charge in [0.25, 0.3) is 0 Å². The smallest absolute Gasteiger partial charge is 0.243 e. The van der Waals surface area contributed by atoms with Gasteiger partial charge in [0.1, 0.15) is 5.41 Å². The SMILES string of the molecule is C=C[C@H](c1ccccc1)[C@@]1(c2sccc2C)C(=O)N(C)c2ccccc21. The average molecular weight is 359 g/mol. The molecule has 0 saturated heterocycles. The van der Waals surface area contributed by atoms with Crippen molar-refractivity contribution in [2.45, 2.75) is 18.3 Å². The van der Waals surface area contributed by atoms with Gasteiger partial charge in [-0.25, -0.2) is 0 Å². The lowest BCUT2D eigenvalue weighted by molar-refractivity contribution is -0.121. The molecule has 1 amide bonds. The number of anilines is 1. The number of nitrogens with zero attached hydrogens (tertiary/aromatic N) is 1. The van der Waals surface area contributed by atoms with E-state index in [1.54, 1.807) is 16.2 Å². The molecular formula is C23H21NOS. The van der Waals surface area contributed by atoms with Crippen LogP contribution in [0.4, 0.5) is 5.69 Å². The van der Waals surface area contributed by atoms with Crippen LogP contribution in [0, 0.1) is 6.92 Å². The van der Waals surface area contributed by atoms with Gasteiger partial charge in [-0.05, 0) is 41.1 Å². The molecule has 130 valence electrons. The molecule has 3 aromatic rings. The summed E-state index contributed by atoms with van der Waals surface area (Å²) in [6.45, 7) is 6.22. The Balaban J connectivity index is 2.09. The normalized spacial score (nSPS) is 20.1. The van der Waals surface area contributed by atoms with Gasteiger partial charge in [-0.1, -0.05) is 54.6 Å². The van der Waals surface area contributed by atoms with Crippen LogP contribution >= 0.6 is 11.3 Å². The molecule has 3 heteroatoms. The predicted molar refractivity (Wildman–Crippen MR) is 109 cm³/mol. The summed E-state index contributed by atoms with van der Waals surface area (Å²) < 4.78 is 0. The molecule has 0 bridgehead atoms. The second-order valence-corrected chi connectivity index (χ2v) is 7.66. The number of hydrogen-bond donors (Lipinski definition) is 0. The van der Waals surface area contributed by atoms with E-state index in [1.807, 2.05) is 49.5 Å². The highest BCUT2D eigenvalue weighted by atomic mass is 32.1. The van der Waals surface area contributed by atoms with Crippen LogP contribution < -0.4 is 4.90 Å². The fourth-order valence-corrected chi connectivity index (χ4v) is 5.42. The number of likely N-dealkylation sites (N-methyl/N-ethyl adjacent to an activating group) is 1. The van der Waals surface area contributed by atoms with Crippen molar-refractivity contribution in [3.63, 3.8) is 0 Å². The van der Waals surface area contributed by atoms with Gasteiger partial charge in [-0.15, -0.1) is 17.9 Å². The molecule has 2 atom stereocenters. The van der Waals surface area contributed by atoms with Crippen molar-refractivity contribution in [2.75, 3.05) is 11.9 Å². The van der Waals surface area contributed by atoms with Crippen LogP contribution in [0.15, 0.2) is 78.7 Å². The molecule has 2 heterocycles. The van der Waals surface area contributed by atoms with Gasteiger partial charge in [0.15, 0.2) is 0 Å². The van der Waals surface area contributed by atoms with E-state index in [0.717, 1.165) is 27.3 Å². The lowest BCUT2D eigenvalue weighted by atomic mass is 9.66. The summed E-state index contributed by atoms with van der Waals surface area (Å²) in [7, 11) is 1.87. The number of fused-ring (bicyclic) bond motifs is 1. The van der Waals surface area contributed by atoms with Crippen LogP contribution in [0.3, 0.4) is 0 Å². The van der Waals surface area contributed by atoms with Crippen molar-refractivity contribution >= 4 is 22.9 Å². The summed E-state index contributed by atoms with van der Waals surface area (Å²) in [6.07, 6.45) is 1.93. The molecule has 2 nitrogen and oxygen atoms in total. The number of para-hydroxylation sites is 1. The first-order valence-corrected chi connectivity index (χ1v) is 9.60. The van der Waals surface area contributed by atoms with Gasteiger partial charge in [0.2, 0.25) is 5.91 Å². The van der Waals surface area contributed by atoms with E-state index in [2.05, 4.69) is 43.1 Å². The maximum absolute atomic E-state index is 13.8. The topological polar surface area (TPSA) is 20.3 Å². The van der Waals surface area contributed by atoms with E-state index in [0.29, 0.717) is 0 Å². The zero-order valence-electron chi connectivity index (χ0n) is 15.0. The first kappa shape index (κ1) is 16.8. The molecular weight excluding hydrogens is 338 g/mol. The molecule has 1 aliphatic heterocycles. The van der Waals surface area contributed by atoms with E-state index in [9.17, 15) is 4.79 Å². The number of aryl methyl sites for hydroxylation is 1. The van der Waals surface area contributed by atoms with E-state index in [1.165, 1.54) is 0 Å². The zero-order chi connectivity index (χ0) is 18.3. The maximum atomic E-state index is 13.8. The molecule has 1 aromatic heterocycles. The Morgan fingerprint density at radius 1 is 1.08 bits per heavy atom. The van der Waals surface area contributed by atoms with E-state index >= 15 is 0 Å². The van der Waals surface area contributed by atoms with Crippen LogP contribution in [0.25, 0.3) is 0 Å². The molecule has 0 aliphatic carbocycles. The molecule has 4 rings (SSSR count). The Morgan fingerprint density at radius 3 is 2.42 bits per heavy atom. The van der Waals surface area contributed by atoms with Gasteiger partial charge < -0.3 is 4.90 Å². The number of amides is 1. The van der Waals surface area contributed by atoms with Crippen molar-refractivity contribution in [2.24, 2.45) is 0 Å². The summed E-state index contributed by atoms with van der Waals surface area (Å²) in [6, 6.07) is 20.5. The molecule has 0 N–H and O–H groups in total. The first-order valence-electron chi connectivity index (χ1n) is 8.72. The van der Waals surface area contributed by atoms with Gasteiger partial charge in [0, 0.05) is 23.5 Å². The van der Waals surface area contributed by atoms with Gasteiger partial charge in [0.05, 0.1) is 0 Å². The Morgan fingerprint density at radius 2 is 1.77 bits per heavy atom. The third kappa shape index (κ3) is 2.14. The number of thiophene rings is 1. The second kappa shape index (κ2) is 6.26. The number of allylic oxidation sites excluding steroid dienone is 1. The van der Waals surface area contributed by atoms with Crippen molar-refractivity contribution in [1.82, 2.24) is 0 Å². The molecule has 26 heavy (non-hydrogen) atoms. The van der Waals surface area contributed by atoms with Crippen LogP contribution in [-0.4, -0.2) is 13.0 Å². The molecule has 0 fully saturated rings. The highest BCUT2D eigenvalue weighted by molar-refractivity contribution is 7.10. The van der Waals surface area contributed by atoms with Crippen LogP contribution in [0.1, 0.15) is 27.5 Å². The number of hydrogen-bond acceptors (Lipinski definition) is 2. The number of carbonyl (C=O) groups is 1. The fraction of sp³-hybridized carbons (Fsp3) is 0.174. The summed E-state index contributed by atoms with van der Waals surface area (Å²) in [4.78, 5) is 16.7. The zero-order valence-corrected chi connectivity index (χ0v) is 15.8. The summed E-state index contributed by atoms with van der Waals surface area (Å²) >= 11 is 1.66. The Labute approximate surface area is 158 Å². The fourth-order valence-electron chi connectivity index (χ4n) is 4.25. The number of rotatable bonds is 4. The predicted octanol–water partition coefficient (Wildman–Crippen LogP) is 5.29. The Bertz CT molecular complexity index is 975. The summed E-state index contributed by atoms with van der Waals surface area (Å²) in [5, 5.41) is 2.08. The van der Waals surface area contributed by atoms with Crippen molar-refractivity contribution < 1.29 is 4.79 Å². The molecule has 1 aliphatic rings. The maximum Gasteiger partial charge on any atom is 0.243 e. The Hall–Kier alpha value is -2.65. The highest BCUT2D eigenvalue weighted by Gasteiger charge is 2.56. The lowest BCUT2D eigenvalue weighted by Gasteiger charge is -2.35. The second-order valence-electron chi connectivity index (χ2n) is 6.75. The van der Waals surface area contributed by atoms with Crippen LogP contribution in [0.5, 0.6) is 0 Å². The average Bonchev–Trinajstić information content (AvgIpc) is 3.19. The third-order valence-electron chi connectivity index (χ3n) is 5.41. The van der Waals surface area contributed by atoms with E-state index in [4.69, 9.17) is 0 Å². The summed E-state index contributed by atoms with van der Waals surface area (Å²) in [5.41, 5.74) is 3.53. The number of benzene rings is 2. The van der Waals surface area contributed by atoms with Crippen LogP contribution in [0.2, 0.25) is 0 Å². The minimum atomic E-state index is -0.771. The lowest BCUT2D eigenvalue weighted by Crippen LogP contribution is -2.43. The quantitative estimate of drug-likeness (QED) is 0.580. The highest BCUT2D eigenvalue weighted by Crippen LogP contribution is 2.55. The molecule has 0 unspecified atom stereocenters. The molecule has 2 aromatic carbocycles. The first-order chi connectivity index (χ1) is 12.6. The summed E-state index contributed by atoms with van der Waals surface area (Å²) in [5.74, 6) is -0.0300. The van der Waals surface area contributed by atoms with Gasteiger partial charge in [-0.3, -0.25) is 4.79 Å². The minimum absolute atomic E-state index is 0.109. The van der Waals surface area contributed by atoms with Crippen molar-refractivity contribution in [3.05, 3.63) is 100 Å².